The molecule has 0 spiro atoms. The molecular formula is C15H24BrN3. The Balaban J connectivity index is 2.03. The van der Waals surface area contributed by atoms with Crippen molar-refractivity contribution in [1.82, 2.24) is 4.90 Å². The van der Waals surface area contributed by atoms with Crippen molar-refractivity contribution in [2.24, 2.45) is 11.7 Å². The minimum Gasteiger partial charge on any atom is -0.374 e. The zero-order valence-electron chi connectivity index (χ0n) is 12.1. The summed E-state index contributed by atoms with van der Waals surface area (Å²) >= 11 is 3.62. The van der Waals surface area contributed by atoms with Crippen LogP contribution in [0, 0.1) is 5.92 Å². The van der Waals surface area contributed by atoms with Gasteiger partial charge < -0.3 is 15.5 Å². The molecule has 2 N–H and O–H groups in total. The molecule has 4 heteroatoms. The van der Waals surface area contributed by atoms with Gasteiger partial charge in [-0.1, -0.05) is 22.0 Å². The quantitative estimate of drug-likeness (QED) is 0.923. The van der Waals surface area contributed by atoms with E-state index >= 15 is 0 Å². The second kappa shape index (κ2) is 6.25. The van der Waals surface area contributed by atoms with E-state index in [4.69, 9.17) is 5.73 Å². The Morgan fingerprint density at radius 2 is 2.26 bits per heavy atom. The lowest BCUT2D eigenvalue weighted by Gasteiger charge is -2.24. The Morgan fingerprint density at radius 3 is 2.79 bits per heavy atom. The van der Waals surface area contributed by atoms with Crippen LogP contribution in [-0.2, 0) is 0 Å². The maximum Gasteiger partial charge on any atom is 0.0375 e. The van der Waals surface area contributed by atoms with Gasteiger partial charge in [0.25, 0.3) is 0 Å². The molecule has 0 amide bonds. The van der Waals surface area contributed by atoms with Gasteiger partial charge >= 0.3 is 0 Å². The number of rotatable bonds is 4. The van der Waals surface area contributed by atoms with Gasteiger partial charge in [0.1, 0.15) is 0 Å². The van der Waals surface area contributed by atoms with Crippen LogP contribution < -0.4 is 10.6 Å². The first-order chi connectivity index (χ1) is 8.97. The minimum atomic E-state index is 0.0669. The fourth-order valence-electron chi connectivity index (χ4n) is 2.79. The lowest BCUT2D eigenvalue weighted by atomic mass is 10.1. The van der Waals surface area contributed by atoms with Crippen molar-refractivity contribution in [2.75, 3.05) is 38.6 Å². The van der Waals surface area contributed by atoms with Gasteiger partial charge in [-0.3, -0.25) is 0 Å². The third kappa shape index (κ3) is 3.71. The first-order valence-corrected chi connectivity index (χ1v) is 7.71. The molecule has 1 saturated heterocycles. The molecule has 0 radical (unpaired) electrons. The van der Waals surface area contributed by atoms with E-state index in [-0.39, 0.29) is 6.04 Å². The second-order valence-electron chi connectivity index (χ2n) is 5.79. The van der Waals surface area contributed by atoms with Crippen LogP contribution in [0.5, 0.6) is 0 Å². The fourth-order valence-corrected chi connectivity index (χ4v) is 3.52. The largest absolute Gasteiger partial charge is 0.374 e. The summed E-state index contributed by atoms with van der Waals surface area (Å²) in [6, 6.07) is 6.54. The molecule has 2 atom stereocenters. The van der Waals surface area contributed by atoms with Gasteiger partial charge in [-0.15, -0.1) is 0 Å². The Bertz CT molecular complexity index is 433. The Hall–Kier alpha value is -0.580. The maximum atomic E-state index is 5.94. The third-order valence-corrected chi connectivity index (χ3v) is 4.62. The topological polar surface area (TPSA) is 32.5 Å². The molecule has 1 aliphatic heterocycles. The summed E-state index contributed by atoms with van der Waals surface area (Å²) in [6.45, 7) is 5.57. The highest BCUT2D eigenvalue weighted by Gasteiger charge is 2.21. The van der Waals surface area contributed by atoms with Crippen LogP contribution in [0.2, 0.25) is 0 Å². The molecule has 1 unspecified atom stereocenters. The van der Waals surface area contributed by atoms with Gasteiger partial charge in [0.05, 0.1) is 0 Å². The molecule has 2 rings (SSSR count). The fraction of sp³-hybridized carbons (Fsp3) is 0.600. The molecule has 0 saturated carbocycles. The SMILES string of the molecule is C[C@@H](N)c1ccc(N(C)CC2CCN(C)C2)cc1Br. The highest BCUT2D eigenvalue weighted by molar-refractivity contribution is 9.10. The molecule has 106 valence electrons. The second-order valence-corrected chi connectivity index (χ2v) is 6.65. The summed E-state index contributed by atoms with van der Waals surface area (Å²) < 4.78 is 1.11. The van der Waals surface area contributed by atoms with E-state index < -0.39 is 0 Å². The van der Waals surface area contributed by atoms with Crippen molar-refractivity contribution in [3.63, 3.8) is 0 Å². The summed E-state index contributed by atoms with van der Waals surface area (Å²) in [4.78, 5) is 4.76. The molecule has 0 aliphatic carbocycles. The van der Waals surface area contributed by atoms with Crippen molar-refractivity contribution in [3.05, 3.63) is 28.2 Å². The molecule has 1 aliphatic rings. The summed E-state index contributed by atoms with van der Waals surface area (Å²) in [7, 11) is 4.37. The van der Waals surface area contributed by atoms with Gasteiger partial charge in [-0.05, 0) is 50.6 Å². The van der Waals surface area contributed by atoms with E-state index in [0.29, 0.717) is 0 Å². The van der Waals surface area contributed by atoms with Crippen LogP contribution in [-0.4, -0.2) is 38.6 Å². The standard InChI is InChI=1S/C15H24BrN3/c1-11(17)14-5-4-13(8-15(14)16)19(3)10-12-6-7-18(2)9-12/h4-5,8,11-12H,6-7,9-10,17H2,1-3H3/t11-,12?/m1/s1. The number of likely N-dealkylation sites (tertiary alicyclic amines) is 1. The van der Waals surface area contributed by atoms with Crippen LogP contribution in [0.4, 0.5) is 5.69 Å². The molecule has 19 heavy (non-hydrogen) atoms. The first-order valence-electron chi connectivity index (χ1n) is 6.92. The number of nitrogens with zero attached hydrogens (tertiary/aromatic N) is 2. The van der Waals surface area contributed by atoms with Crippen LogP contribution >= 0.6 is 15.9 Å². The minimum absolute atomic E-state index is 0.0669. The van der Waals surface area contributed by atoms with E-state index in [2.05, 4.69) is 58.0 Å². The van der Waals surface area contributed by atoms with Gasteiger partial charge in [0.15, 0.2) is 0 Å². The van der Waals surface area contributed by atoms with Crippen molar-refractivity contribution in [3.8, 4) is 0 Å². The zero-order chi connectivity index (χ0) is 14.0. The number of nitrogens with two attached hydrogens (primary N) is 1. The molecule has 0 aromatic heterocycles. The lowest BCUT2D eigenvalue weighted by Crippen LogP contribution is -2.27. The van der Waals surface area contributed by atoms with E-state index in [1.54, 1.807) is 0 Å². The van der Waals surface area contributed by atoms with Crippen LogP contribution in [0.1, 0.15) is 24.9 Å². The predicted molar refractivity (Wildman–Crippen MR) is 85.6 cm³/mol. The number of hydrogen-bond donors (Lipinski definition) is 1. The molecule has 1 aromatic rings. The predicted octanol–water partition coefficient (Wildman–Crippen LogP) is 2.86. The Labute approximate surface area is 124 Å². The number of hydrogen-bond acceptors (Lipinski definition) is 3. The highest BCUT2D eigenvalue weighted by Crippen LogP contribution is 2.28. The summed E-state index contributed by atoms with van der Waals surface area (Å²) in [5.74, 6) is 0.780. The van der Waals surface area contributed by atoms with E-state index in [9.17, 15) is 0 Å². The Kier molecular flexibility index (Phi) is 4.87. The maximum absolute atomic E-state index is 5.94. The van der Waals surface area contributed by atoms with Crippen LogP contribution in [0.25, 0.3) is 0 Å². The van der Waals surface area contributed by atoms with Gasteiger partial charge in [-0.25, -0.2) is 0 Å². The number of benzene rings is 1. The molecule has 1 heterocycles. The van der Waals surface area contributed by atoms with Gasteiger partial charge in [0.2, 0.25) is 0 Å². The summed E-state index contributed by atoms with van der Waals surface area (Å²) in [6.07, 6.45) is 1.31. The van der Waals surface area contributed by atoms with Gasteiger partial charge in [0, 0.05) is 36.3 Å². The lowest BCUT2D eigenvalue weighted by molar-refractivity contribution is 0.396. The molecular weight excluding hydrogens is 302 g/mol. The normalized spacial score (nSPS) is 21.6. The third-order valence-electron chi connectivity index (χ3n) is 3.94. The monoisotopic (exact) mass is 325 g/mol. The van der Waals surface area contributed by atoms with Gasteiger partial charge in [-0.2, -0.15) is 0 Å². The number of halogens is 1. The average Bonchev–Trinajstić information content (AvgIpc) is 2.74. The summed E-state index contributed by atoms with van der Waals surface area (Å²) in [5, 5.41) is 0. The van der Waals surface area contributed by atoms with Crippen LogP contribution in [0.3, 0.4) is 0 Å². The molecule has 3 nitrogen and oxygen atoms in total. The summed E-state index contributed by atoms with van der Waals surface area (Å²) in [5.41, 5.74) is 8.36. The van der Waals surface area contributed by atoms with Crippen molar-refractivity contribution in [2.45, 2.75) is 19.4 Å². The molecule has 1 aromatic carbocycles. The first kappa shape index (κ1) is 14.8. The van der Waals surface area contributed by atoms with Crippen molar-refractivity contribution < 1.29 is 0 Å². The highest BCUT2D eigenvalue weighted by atomic mass is 79.9. The zero-order valence-corrected chi connectivity index (χ0v) is 13.7. The van der Waals surface area contributed by atoms with Crippen molar-refractivity contribution >= 4 is 21.6 Å². The van der Waals surface area contributed by atoms with E-state index in [1.807, 2.05) is 6.92 Å². The Morgan fingerprint density at radius 1 is 1.53 bits per heavy atom. The molecule has 0 bridgehead atoms. The average molecular weight is 326 g/mol. The molecule has 1 fully saturated rings. The van der Waals surface area contributed by atoms with Crippen molar-refractivity contribution in [1.29, 1.82) is 0 Å². The van der Waals surface area contributed by atoms with E-state index in [1.165, 1.54) is 25.2 Å². The van der Waals surface area contributed by atoms with E-state index in [0.717, 1.165) is 22.5 Å². The van der Waals surface area contributed by atoms with Crippen LogP contribution in [0.15, 0.2) is 22.7 Å². The smallest absolute Gasteiger partial charge is 0.0375 e. The number of anilines is 1.